The van der Waals surface area contributed by atoms with E-state index >= 15 is 0 Å². The molecule has 0 spiro atoms. The summed E-state index contributed by atoms with van der Waals surface area (Å²) in [6.45, 7) is 2.13. The standard InChI is InChI=1S/C11H16Br2N2O2/c1-15(7-2-3-16-6-7)9(5-14)10-4-8(12)11(13)17-10/h4,7,9H,2-3,5-6,14H2,1H3. The quantitative estimate of drug-likeness (QED) is 0.888. The second-order valence-electron chi connectivity index (χ2n) is 4.20. The number of furan rings is 1. The molecule has 0 amide bonds. The first-order chi connectivity index (χ1) is 8.13. The van der Waals surface area contributed by atoms with Crippen LogP contribution in [0.4, 0.5) is 0 Å². The number of hydrogen-bond acceptors (Lipinski definition) is 4. The Morgan fingerprint density at radius 2 is 2.35 bits per heavy atom. The van der Waals surface area contributed by atoms with Crippen LogP contribution in [0.5, 0.6) is 0 Å². The van der Waals surface area contributed by atoms with E-state index in [0.717, 1.165) is 29.9 Å². The summed E-state index contributed by atoms with van der Waals surface area (Å²) < 4.78 is 12.7. The van der Waals surface area contributed by atoms with Crippen molar-refractivity contribution in [1.29, 1.82) is 0 Å². The van der Waals surface area contributed by atoms with Crippen LogP contribution in [0.1, 0.15) is 18.2 Å². The van der Waals surface area contributed by atoms with Crippen molar-refractivity contribution < 1.29 is 9.15 Å². The van der Waals surface area contributed by atoms with Crippen LogP contribution in [0.3, 0.4) is 0 Å². The Labute approximate surface area is 118 Å². The van der Waals surface area contributed by atoms with Crippen LogP contribution in [0.2, 0.25) is 0 Å². The van der Waals surface area contributed by atoms with Crippen LogP contribution in [0.25, 0.3) is 0 Å². The summed E-state index contributed by atoms with van der Waals surface area (Å²) in [5, 5.41) is 0. The minimum atomic E-state index is 0.0873. The van der Waals surface area contributed by atoms with Gasteiger partial charge in [-0.15, -0.1) is 0 Å². The molecule has 2 heterocycles. The largest absolute Gasteiger partial charge is 0.451 e. The average Bonchev–Trinajstić information content (AvgIpc) is 2.91. The van der Waals surface area contributed by atoms with Crippen LogP contribution in [-0.4, -0.2) is 37.7 Å². The number of ether oxygens (including phenoxy) is 1. The number of likely N-dealkylation sites (N-methyl/N-ethyl adjacent to an activating group) is 1. The summed E-state index contributed by atoms with van der Waals surface area (Å²) in [7, 11) is 2.07. The highest BCUT2D eigenvalue weighted by molar-refractivity contribution is 9.13. The molecule has 2 rings (SSSR count). The molecule has 0 radical (unpaired) electrons. The Balaban J connectivity index is 2.14. The topological polar surface area (TPSA) is 51.6 Å². The molecule has 0 bridgehead atoms. The molecule has 4 nitrogen and oxygen atoms in total. The molecular weight excluding hydrogens is 352 g/mol. The number of nitrogens with two attached hydrogens (primary N) is 1. The van der Waals surface area contributed by atoms with Gasteiger partial charge in [0.15, 0.2) is 4.67 Å². The molecule has 2 unspecified atom stereocenters. The summed E-state index contributed by atoms with van der Waals surface area (Å²) in [4.78, 5) is 2.24. The normalized spacial score (nSPS) is 22.3. The molecular formula is C11H16Br2N2O2. The first kappa shape index (κ1) is 13.5. The highest BCUT2D eigenvalue weighted by Crippen LogP contribution is 2.32. The summed E-state index contributed by atoms with van der Waals surface area (Å²) >= 11 is 6.77. The lowest BCUT2D eigenvalue weighted by Gasteiger charge is -2.29. The zero-order valence-corrected chi connectivity index (χ0v) is 12.8. The van der Waals surface area contributed by atoms with Crippen molar-refractivity contribution in [3.8, 4) is 0 Å². The highest BCUT2D eigenvalue weighted by Gasteiger charge is 2.28. The van der Waals surface area contributed by atoms with E-state index in [-0.39, 0.29) is 6.04 Å². The van der Waals surface area contributed by atoms with E-state index < -0.39 is 0 Å². The van der Waals surface area contributed by atoms with Gasteiger partial charge < -0.3 is 14.9 Å². The van der Waals surface area contributed by atoms with Crippen LogP contribution in [-0.2, 0) is 4.74 Å². The van der Waals surface area contributed by atoms with E-state index in [1.807, 2.05) is 6.07 Å². The van der Waals surface area contributed by atoms with Gasteiger partial charge in [0.1, 0.15) is 5.76 Å². The van der Waals surface area contributed by atoms with Gasteiger partial charge in [-0.25, -0.2) is 0 Å². The van der Waals surface area contributed by atoms with E-state index in [9.17, 15) is 0 Å². The summed E-state index contributed by atoms with van der Waals surface area (Å²) in [5.74, 6) is 0.876. The van der Waals surface area contributed by atoms with Gasteiger partial charge in [0, 0.05) is 19.2 Å². The lowest BCUT2D eigenvalue weighted by Crippen LogP contribution is -2.38. The third-order valence-corrected chi connectivity index (χ3v) is 4.90. The van der Waals surface area contributed by atoms with E-state index in [4.69, 9.17) is 14.9 Å². The molecule has 2 atom stereocenters. The minimum absolute atomic E-state index is 0.0873. The number of rotatable bonds is 4. The van der Waals surface area contributed by atoms with Crippen LogP contribution >= 0.6 is 31.9 Å². The van der Waals surface area contributed by atoms with E-state index in [0.29, 0.717) is 17.3 Å². The highest BCUT2D eigenvalue weighted by atomic mass is 79.9. The van der Waals surface area contributed by atoms with Crippen molar-refractivity contribution in [3.63, 3.8) is 0 Å². The predicted molar refractivity (Wildman–Crippen MR) is 72.9 cm³/mol. The Hall–Kier alpha value is 0.120. The molecule has 1 aromatic rings. The lowest BCUT2D eigenvalue weighted by atomic mass is 10.1. The van der Waals surface area contributed by atoms with Crippen LogP contribution < -0.4 is 5.73 Å². The van der Waals surface area contributed by atoms with Gasteiger partial charge in [-0.3, -0.25) is 4.90 Å². The number of nitrogens with zero attached hydrogens (tertiary/aromatic N) is 1. The predicted octanol–water partition coefficient (Wildman–Crippen LogP) is 2.53. The van der Waals surface area contributed by atoms with E-state index in [1.54, 1.807) is 0 Å². The zero-order valence-electron chi connectivity index (χ0n) is 9.66. The Kier molecular flexibility index (Phi) is 4.65. The molecule has 1 fully saturated rings. The van der Waals surface area contributed by atoms with Crippen LogP contribution in [0.15, 0.2) is 19.6 Å². The van der Waals surface area contributed by atoms with Gasteiger partial charge in [-0.05, 0) is 51.4 Å². The molecule has 0 aliphatic carbocycles. The van der Waals surface area contributed by atoms with Gasteiger partial charge in [0.2, 0.25) is 0 Å². The Bertz CT molecular complexity index is 358. The smallest absolute Gasteiger partial charge is 0.183 e. The maximum atomic E-state index is 5.86. The number of hydrogen-bond donors (Lipinski definition) is 1. The van der Waals surface area contributed by atoms with Crippen molar-refractivity contribution >= 4 is 31.9 Å². The van der Waals surface area contributed by atoms with E-state index in [1.165, 1.54) is 0 Å². The summed E-state index contributed by atoms with van der Waals surface area (Å²) in [5.41, 5.74) is 5.86. The molecule has 0 aromatic carbocycles. The maximum Gasteiger partial charge on any atom is 0.183 e. The summed E-state index contributed by atoms with van der Waals surface area (Å²) in [6, 6.07) is 2.48. The maximum absolute atomic E-state index is 5.86. The molecule has 1 aliphatic heterocycles. The van der Waals surface area contributed by atoms with Gasteiger partial charge in [-0.2, -0.15) is 0 Å². The zero-order chi connectivity index (χ0) is 12.4. The van der Waals surface area contributed by atoms with Crippen molar-refractivity contribution in [3.05, 3.63) is 21.0 Å². The SMILES string of the molecule is CN(C1CCOC1)C(CN)c1cc(Br)c(Br)o1. The van der Waals surface area contributed by atoms with E-state index in [2.05, 4.69) is 43.8 Å². The van der Waals surface area contributed by atoms with Gasteiger partial charge in [-0.1, -0.05) is 0 Å². The third kappa shape index (κ3) is 2.93. The third-order valence-electron chi connectivity index (χ3n) is 3.19. The number of halogens is 2. The molecule has 1 aromatic heterocycles. The second kappa shape index (κ2) is 5.84. The Morgan fingerprint density at radius 1 is 1.59 bits per heavy atom. The summed E-state index contributed by atoms with van der Waals surface area (Å²) in [6.07, 6.45) is 1.05. The fourth-order valence-corrected chi connectivity index (χ4v) is 2.72. The second-order valence-corrected chi connectivity index (χ2v) is 5.78. The fraction of sp³-hybridized carbons (Fsp3) is 0.636. The minimum Gasteiger partial charge on any atom is -0.451 e. The molecule has 1 aliphatic rings. The monoisotopic (exact) mass is 366 g/mol. The van der Waals surface area contributed by atoms with Crippen LogP contribution in [0, 0.1) is 0 Å². The molecule has 17 heavy (non-hydrogen) atoms. The lowest BCUT2D eigenvalue weighted by molar-refractivity contribution is 0.125. The van der Waals surface area contributed by atoms with Gasteiger partial charge in [0.05, 0.1) is 17.1 Å². The van der Waals surface area contributed by atoms with Crippen molar-refractivity contribution in [2.45, 2.75) is 18.5 Å². The van der Waals surface area contributed by atoms with Crippen molar-refractivity contribution in [2.24, 2.45) is 5.73 Å². The molecule has 96 valence electrons. The van der Waals surface area contributed by atoms with Crippen molar-refractivity contribution in [1.82, 2.24) is 4.90 Å². The fourth-order valence-electron chi connectivity index (χ4n) is 2.11. The van der Waals surface area contributed by atoms with Gasteiger partial charge >= 0.3 is 0 Å². The molecule has 0 saturated carbocycles. The van der Waals surface area contributed by atoms with Gasteiger partial charge in [0.25, 0.3) is 0 Å². The Morgan fingerprint density at radius 3 is 2.82 bits per heavy atom. The van der Waals surface area contributed by atoms with Crippen molar-refractivity contribution in [2.75, 3.05) is 26.8 Å². The first-order valence-corrected chi connectivity index (χ1v) is 7.16. The molecule has 1 saturated heterocycles. The first-order valence-electron chi connectivity index (χ1n) is 5.58. The molecule has 6 heteroatoms. The molecule has 2 N–H and O–H groups in total. The average molecular weight is 368 g/mol.